The molecule has 1 unspecified atom stereocenters. The molecule has 0 bridgehead atoms. The Kier molecular flexibility index (Phi) is 7.89. The van der Waals surface area contributed by atoms with Gasteiger partial charge in [0.05, 0.1) is 23.2 Å². The van der Waals surface area contributed by atoms with Crippen LogP contribution in [-0.2, 0) is 10.0 Å². The van der Waals surface area contributed by atoms with Gasteiger partial charge in [0, 0.05) is 6.54 Å². The Hall–Kier alpha value is -1.60. The summed E-state index contributed by atoms with van der Waals surface area (Å²) in [5, 5.41) is 10.6. The van der Waals surface area contributed by atoms with E-state index in [2.05, 4.69) is 4.90 Å². The number of aliphatic hydroxyl groups excluding tert-OH is 1. The molecule has 1 atom stereocenters. The summed E-state index contributed by atoms with van der Waals surface area (Å²) >= 11 is 0. The Balaban J connectivity index is 0.00000280. The first kappa shape index (κ1) is 22.7. The predicted molar refractivity (Wildman–Crippen MR) is 116 cm³/mol. The molecule has 2 aromatic rings. The lowest BCUT2D eigenvalue weighted by atomic mass is 10.2. The minimum Gasteiger partial charge on any atom is -0.390 e. The number of hydrogen-bond acceptors (Lipinski definition) is 4. The summed E-state index contributed by atoms with van der Waals surface area (Å²) in [7, 11) is -3.76. The van der Waals surface area contributed by atoms with Crippen LogP contribution in [0.1, 0.15) is 24.0 Å². The highest BCUT2D eigenvalue weighted by Gasteiger charge is 2.28. The van der Waals surface area contributed by atoms with Crippen molar-refractivity contribution in [2.24, 2.45) is 0 Å². The van der Waals surface area contributed by atoms with Gasteiger partial charge >= 0.3 is 0 Å². The van der Waals surface area contributed by atoms with Crippen LogP contribution in [0.25, 0.3) is 0 Å². The predicted octanol–water partition coefficient (Wildman–Crippen LogP) is 3.38. The number of halogens is 1. The van der Waals surface area contributed by atoms with Gasteiger partial charge in [-0.3, -0.25) is 4.31 Å². The Morgan fingerprint density at radius 2 is 1.46 bits per heavy atom. The zero-order valence-corrected chi connectivity index (χ0v) is 18.0. The molecule has 0 spiro atoms. The van der Waals surface area contributed by atoms with Crippen LogP contribution in [0.15, 0.2) is 53.4 Å². The van der Waals surface area contributed by atoms with Crippen molar-refractivity contribution < 1.29 is 13.5 Å². The number of anilines is 1. The second kappa shape index (κ2) is 9.74. The first-order chi connectivity index (χ1) is 12.9. The van der Waals surface area contributed by atoms with Crippen LogP contribution in [0.4, 0.5) is 5.69 Å². The van der Waals surface area contributed by atoms with Gasteiger partial charge in [0.15, 0.2) is 0 Å². The molecule has 1 aliphatic heterocycles. The largest absolute Gasteiger partial charge is 0.390 e. The second-order valence-electron chi connectivity index (χ2n) is 7.35. The SMILES string of the molecule is Cc1ccc(N(CC(O)CN2CCCC2)S(=O)(=O)c2ccc(C)cc2)cc1.Cl. The monoisotopic (exact) mass is 424 g/mol. The molecule has 2 aromatic carbocycles. The number of aryl methyl sites for hydroxylation is 2. The normalized spacial score (nSPS) is 15.8. The molecule has 1 aliphatic rings. The molecule has 0 aromatic heterocycles. The molecular weight excluding hydrogens is 396 g/mol. The number of benzene rings is 2. The van der Waals surface area contributed by atoms with Crippen molar-refractivity contribution >= 4 is 28.1 Å². The van der Waals surface area contributed by atoms with Gasteiger partial charge in [0.1, 0.15) is 0 Å². The minimum absolute atomic E-state index is 0. The molecule has 7 heteroatoms. The number of aliphatic hydroxyl groups is 1. The van der Waals surface area contributed by atoms with E-state index in [4.69, 9.17) is 0 Å². The van der Waals surface area contributed by atoms with Gasteiger partial charge < -0.3 is 10.0 Å². The number of sulfonamides is 1. The van der Waals surface area contributed by atoms with E-state index in [1.165, 1.54) is 4.31 Å². The maximum absolute atomic E-state index is 13.3. The summed E-state index contributed by atoms with van der Waals surface area (Å²) in [6.45, 7) is 6.35. The molecule has 1 heterocycles. The third-order valence-corrected chi connectivity index (χ3v) is 6.78. The first-order valence-corrected chi connectivity index (χ1v) is 10.9. The fourth-order valence-electron chi connectivity index (χ4n) is 3.40. The number of hydrogen-bond donors (Lipinski definition) is 1. The van der Waals surface area contributed by atoms with E-state index >= 15 is 0 Å². The first-order valence-electron chi connectivity index (χ1n) is 9.43. The second-order valence-corrected chi connectivity index (χ2v) is 9.21. The summed E-state index contributed by atoms with van der Waals surface area (Å²) in [5.41, 5.74) is 2.63. The van der Waals surface area contributed by atoms with Gasteiger partial charge in [0.2, 0.25) is 0 Å². The number of likely N-dealkylation sites (tertiary alicyclic amines) is 1. The smallest absolute Gasteiger partial charge is 0.264 e. The highest BCUT2D eigenvalue weighted by Crippen LogP contribution is 2.25. The standard InChI is InChI=1S/C21H28N2O3S.ClH/c1-17-5-9-19(10-6-17)23(16-20(24)15-22-13-3-4-14-22)27(25,26)21-11-7-18(2)8-12-21;/h5-12,20,24H,3-4,13-16H2,1-2H3;1H. The van der Waals surface area contributed by atoms with Crippen LogP contribution in [-0.4, -0.2) is 50.7 Å². The zero-order chi connectivity index (χ0) is 19.4. The van der Waals surface area contributed by atoms with Gasteiger partial charge in [-0.15, -0.1) is 12.4 Å². The molecule has 0 amide bonds. The maximum Gasteiger partial charge on any atom is 0.264 e. The van der Waals surface area contributed by atoms with Crippen molar-refractivity contribution in [2.45, 2.75) is 37.7 Å². The quantitative estimate of drug-likeness (QED) is 0.740. The molecule has 5 nitrogen and oxygen atoms in total. The van der Waals surface area contributed by atoms with E-state index in [0.717, 1.165) is 37.1 Å². The molecule has 28 heavy (non-hydrogen) atoms. The average Bonchev–Trinajstić information content (AvgIpc) is 3.14. The van der Waals surface area contributed by atoms with E-state index in [0.29, 0.717) is 12.2 Å². The number of nitrogens with zero attached hydrogens (tertiary/aromatic N) is 2. The van der Waals surface area contributed by atoms with Crippen LogP contribution in [0.2, 0.25) is 0 Å². The van der Waals surface area contributed by atoms with Crippen LogP contribution in [0.5, 0.6) is 0 Å². The van der Waals surface area contributed by atoms with Crippen molar-refractivity contribution in [1.29, 1.82) is 0 Å². The summed E-state index contributed by atoms with van der Waals surface area (Å²) in [6.07, 6.45) is 1.52. The molecule has 1 fully saturated rings. The van der Waals surface area contributed by atoms with Crippen LogP contribution in [0, 0.1) is 13.8 Å². The molecule has 154 valence electrons. The Labute approximate surface area is 174 Å². The summed E-state index contributed by atoms with van der Waals surface area (Å²) in [4.78, 5) is 2.43. The van der Waals surface area contributed by atoms with Crippen molar-refractivity contribution in [1.82, 2.24) is 4.90 Å². The van der Waals surface area contributed by atoms with Gasteiger partial charge in [0.25, 0.3) is 10.0 Å². The van der Waals surface area contributed by atoms with Crippen LogP contribution in [0.3, 0.4) is 0 Å². The lowest BCUT2D eigenvalue weighted by Gasteiger charge is -2.28. The van der Waals surface area contributed by atoms with Crippen molar-refractivity contribution in [3.8, 4) is 0 Å². The van der Waals surface area contributed by atoms with E-state index in [-0.39, 0.29) is 23.8 Å². The third-order valence-electron chi connectivity index (χ3n) is 4.98. The van der Waals surface area contributed by atoms with E-state index < -0.39 is 16.1 Å². The average molecular weight is 425 g/mol. The Bertz CT molecular complexity index is 848. The minimum atomic E-state index is -3.76. The Morgan fingerprint density at radius 3 is 2.00 bits per heavy atom. The molecule has 3 rings (SSSR count). The van der Waals surface area contributed by atoms with Crippen molar-refractivity contribution in [2.75, 3.05) is 30.5 Å². The molecule has 0 radical (unpaired) electrons. The van der Waals surface area contributed by atoms with Gasteiger partial charge in [-0.1, -0.05) is 35.4 Å². The van der Waals surface area contributed by atoms with E-state index in [9.17, 15) is 13.5 Å². The van der Waals surface area contributed by atoms with Gasteiger partial charge in [-0.2, -0.15) is 0 Å². The fraction of sp³-hybridized carbons (Fsp3) is 0.429. The summed E-state index contributed by atoms with van der Waals surface area (Å²) in [6, 6.07) is 14.2. The summed E-state index contributed by atoms with van der Waals surface area (Å²) < 4.78 is 27.9. The lowest BCUT2D eigenvalue weighted by Crippen LogP contribution is -2.42. The Morgan fingerprint density at radius 1 is 0.964 bits per heavy atom. The van der Waals surface area contributed by atoms with E-state index in [1.807, 2.05) is 26.0 Å². The molecule has 1 N–H and O–H groups in total. The molecule has 0 aliphatic carbocycles. The molecule has 0 saturated carbocycles. The van der Waals surface area contributed by atoms with Crippen LogP contribution >= 0.6 is 12.4 Å². The van der Waals surface area contributed by atoms with Gasteiger partial charge in [-0.05, 0) is 64.0 Å². The van der Waals surface area contributed by atoms with Crippen molar-refractivity contribution in [3.63, 3.8) is 0 Å². The summed E-state index contributed by atoms with van der Waals surface area (Å²) in [5.74, 6) is 0. The van der Waals surface area contributed by atoms with Crippen molar-refractivity contribution in [3.05, 3.63) is 59.7 Å². The molecule has 1 saturated heterocycles. The fourth-order valence-corrected chi connectivity index (χ4v) is 4.91. The third kappa shape index (κ3) is 5.47. The highest BCUT2D eigenvalue weighted by atomic mass is 35.5. The molecular formula is C21H29ClN2O3S. The lowest BCUT2D eigenvalue weighted by molar-refractivity contribution is 0.132. The van der Waals surface area contributed by atoms with Crippen LogP contribution < -0.4 is 4.31 Å². The number of rotatable bonds is 7. The van der Waals surface area contributed by atoms with Gasteiger partial charge in [-0.25, -0.2) is 8.42 Å². The highest BCUT2D eigenvalue weighted by molar-refractivity contribution is 7.92. The number of β-amino-alcohol motifs (C(OH)–C–C–N with tert-alkyl or cyclic N) is 1. The van der Waals surface area contributed by atoms with E-state index in [1.54, 1.807) is 36.4 Å². The maximum atomic E-state index is 13.3. The topological polar surface area (TPSA) is 60.9 Å². The zero-order valence-electron chi connectivity index (χ0n) is 16.4.